The van der Waals surface area contributed by atoms with Crippen molar-refractivity contribution in [1.29, 1.82) is 0 Å². The number of amides is 2. The molecule has 0 bridgehead atoms. The lowest BCUT2D eigenvalue weighted by molar-refractivity contribution is -0.143. The zero-order chi connectivity index (χ0) is 14.7. The van der Waals surface area contributed by atoms with E-state index in [1.807, 2.05) is 0 Å². The topological polar surface area (TPSA) is 69.6 Å². The quantitative estimate of drug-likeness (QED) is 0.866. The Balaban J connectivity index is 1.96. The van der Waals surface area contributed by atoms with E-state index in [0.717, 1.165) is 0 Å². The first-order valence-electron chi connectivity index (χ1n) is 6.21. The lowest BCUT2D eigenvalue weighted by atomic mass is 9.97. The maximum atomic E-state index is 13.1. The van der Waals surface area contributed by atoms with E-state index in [1.165, 1.54) is 23.1 Å². The average Bonchev–Trinajstić information content (AvgIpc) is 2.43. The molecule has 1 aromatic carbocycles. The molecule has 2 rings (SSSR count). The predicted octanol–water partition coefficient (Wildman–Crippen LogP) is 2.92. The van der Waals surface area contributed by atoms with Crippen LogP contribution in [0.4, 0.5) is 14.9 Å². The molecule has 0 atom stereocenters. The van der Waals surface area contributed by atoms with Crippen LogP contribution in [0.1, 0.15) is 12.8 Å². The highest BCUT2D eigenvalue weighted by Gasteiger charge is 2.27. The largest absolute Gasteiger partial charge is 0.481 e. The lowest BCUT2D eigenvalue weighted by Gasteiger charge is -2.30. The highest BCUT2D eigenvalue weighted by molar-refractivity contribution is 9.10. The van der Waals surface area contributed by atoms with Crippen LogP contribution >= 0.6 is 15.9 Å². The minimum absolute atomic E-state index is 0.347. The van der Waals surface area contributed by atoms with Gasteiger partial charge in [0.2, 0.25) is 0 Å². The number of rotatable bonds is 2. The Morgan fingerprint density at radius 3 is 2.60 bits per heavy atom. The highest BCUT2D eigenvalue weighted by atomic mass is 79.9. The van der Waals surface area contributed by atoms with Gasteiger partial charge in [-0.25, -0.2) is 9.18 Å². The van der Waals surface area contributed by atoms with Gasteiger partial charge >= 0.3 is 12.0 Å². The molecule has 1 aliphatic rings. The van der Waals surface area contributed by atoms with Crippen molar-refractivity contribution in [2.45, 2.75) is 12.8 Å². The fourth-order valence-electron chi connectivity index (χ4n) is 2.12. The summed E-state index contributed by atoms with van der Waals surface area (Å²) in [7, 11) is 0. The number of hydrogen-bond donors (Lipinski definition) is 2. The Kier molecular flexibility index (Phi) is 4.59. The Hall–Kier alpha value is -1.63. The van der Waals surface area contributed by atoms with E-state index >= 15 is 0 Å². The second-order valence-corrected chi connectivity index (χ2v) is 5.51. The molecular weight excluding hydrogens is 331 g/mol. The van der Waals surface area contributed by atoms with Gasteiger partial charge in [-0.3, -0.25) is 4.79 Å². The van der Waals surface area contributed by atoms with Gasteiger partial charge in [-0.15, -0.1) is 0 Å². The van der Waals surface area contributed by atoms with Crippen LogP contribution in [0.25, 0.3) is 0 Å². The van der Waals surface area contributed by atoms with E-state index < -0.39 is 11.8 Å². The van der Waals surface area contributed by atoms with Crippen molar-refractivity contribution in [3.05, 3.63) is 28.5 Å². The smallest absolute Gasteiger partial charge is 0.321 e. The predicted molar refractivity (Wildman–Crippen MR) is 75.1 cm³/mol. The molecule has 1 saturated heterocycles. The molecule has 1 heterocycles. The van der Waals surface area contributed by atoms with Gasteiger partial charge in [0.25, 0.3) is 0 Å². The average molecular weight is 345 g/mol. The van der Waals surface area contributed by atoms with Crippen LogP contribution in [-0.4, -0.2) is 35.1 Å². The monoisotopic (exact) mass is 344 g/mol. The first-order valence-corrected chi connectivity index (χ1v) is 7.00. The van der Waals surface area contributed by atoms with Gasteiger partial charge in [0.05, 0.1) is 11.6 Å². The number of nitrogens with zero attached hydrogens (tertiary/aromatic N) is 1. The summed E-state index contributed by atoms with van der Waals surface area (Å²) < 4.78 is 13.7. The molecule has 20 heavy (non-hydrogen) atoms. The van der Waals surface area contributed by atoms with Crippen molar-refractivity contribution in [2.75, 3.05) is 18.4 Å². The van der Waals surface area contributed by atoms with Gasteiger partial charge < -0.3 is 15.3 Å². The number of hydrogen-bond acceptors (Lipinski definition) is 2. The number of carboxylic acid groups (broad SMARTS) is 1. The summed E-state index contributed by atoms with van der Waals surface area (Å²) in [5.41, 5.74) is 0.357. The maximum Gasteiger partial charge on any atom is 0.321 e. The van der Waals surface area contributed by atoms with Gasteiger partial charge in [-0.1, -0.05) is 0 Å². The van der Waals surface area contributed by atoms with Crippen LogP contribution in [0, 0.1) is 11.7 Å². The van der Waals surface area contributed by atoms with Crippen molar-refractivity contribution >= 4 is 33.6 Å². The molecule has 0 aromatic heterocycles. The number of carbonyl (C=O) groups excluding carboxylic acids is 1. The molecule has 0 aliphatic carbocycles. The zero-order valence-corrected chi connectivity index (χ0v) is 12.2. The Morgan fingerprint density at radius 1 is 1.35 bits per heavy atom. The molecule has 0 radical (unpaired) electrons. The summed E-state index contributed by atoms with van der Waals surface area (Å²) >= 11 is 3.23. The summed E-state index contributed by atoms with van der Waals surface area (Å²) in [6.45, 7) is 0.769. The van der Waals surface area contributed by atoms with Crippen LogP contribution in [0.3, 0.4) is 0 Å². The van der Waals surface area contributed by atoms with E-state index in [4.69, 9.17) is 5.11 Å². The van der Waals surface area contributed by atoms with Crippen LogP contribution in [0.15, 0.2) is 22.7 Å². The highest BCUT2D eigenvalue weighted by Crippen LogP contribution is 2.24. The first kappa shape index (κ1) is 14.8. The number of benzene rings is 1. The molecule has 0 spiro atoms. The van der Waals surface area contributed by atoms with Gasteiger partial charge in [-0.05, 0) is 47.0 Å². The van der Waals surface area contributed by atoms with Gasteiger partial charge in [0.1, 0.15) is 5.82 Å². The van der Waals surface area contributed by atoms with E-state index in [2.05, 4.69) is 21.2 Å². The summed E-state index contributed by atoms with van der Waals surface area (Å²) in [4.78, 5) is 24.4. The van der Waals surface area contributed by atoms with E-state index in [-0.39, 0.29) is 11.9 Å². The molecule has 2 amide bonds. The van der Waals surface area contributed by atoms with Gasteiger partial charge in [0, 0.05) is 17.6 Å². The molecule has 7 heteroatoms. The molecule has 1 aliphatic heterocycles. The SMILES string of the molecule is O=C(O)C1CCN(C(=O)Nc2cc(F)ccc2Br)CC1. The second-order valence-electron chi connectivity index (χ2n) is 4.65. The third-order valence-corrected chi connectivity index (χ3v) is 3.99. The van der Waals surface area contributed by atoms with E-state index in [9.17, 15) is 14.0 Å². The number of nitrogens with one attached hydrogen (secondary N) is 1. The van der Waals surface area contributed by atoms with Gasteiger partial charge in [-0.2, -0.15) is 0 Å². The Morgan fingerprint density at radius 2 is 2.00 bits per heavy atom. The number of aliphatic carboxylic acids is 1. The first-order chi connectivity index (χ1) is 9.47. The normalized spacial score (nSPS) is 16.0. The Bertz CT molecular complexity index is 530. The summed E-state index contributed by atoms with van der Waals surface area (Å²) in [5, 5.41) is 11.5. The third-order valence-electron chi connectivity index (χ3n) is 3.30. The molecule has 108 valence electrons. The van der Waals surface area contributed by atoms with Crippen molar-refractivity contribution in [3.8, 4) is 0 Å². The lowest BCUT2D eigenvalue weighted by Crippen LogP contribution is -2.42. The Labute approximate surface area is 123 Å². The number of anilines is 1. The van der Waals surface area contributed by atoms with E-state index in [0.29, 0.717) is 36.1 Å². The fraction of sp³-hybridized carbons (Fsp3) is 0.385. The van der Waals surface area contributed by atoms with Crippen LogP contribution in [-0.2, 0) is 4.79 Å². The standard InChI is InChI=1S/C13H14BrFN2O3/c14-10-2-1-9(15)7-11(10)16-13(20)17-5-3-8(4-6-17)12(18)19/h1-2,7-8H,3-6H2,(H,16,20)(H,18,19). The molecular formula is C13H14BrFN2O3. The molecule has 1 fully saturated rings. The second kappa shape index (κ2) is 6.21. The van der Waals surface area contributed by atoms with Crippen molar-refractivity contribution < 1.29 is 19.1 Å². The summed E-state index contributed by atoms with van der Waals surface area (Å²) in [6, 6.07) is 3.69. The van der Waals surface area contributed by atoms with E-state index in [1.54, 1.807) is 0 Å². The van der Waals surface area contributed by atoms with Crippen LogP contribution in [0.2, 0.25) is 0 Å². The molecule has 0 unspecified atom stereocenters. The minimum atomic E-state index is -0.821. The number of halogens is 2. The summed E-state index contributed by atoms with van der Waals surface area (Å²) in [6.07, 6.45) is 0.875. The number of carboxylic acids is 1. The minimum Gasteiger partial charge on any atom is -0.481 e. The number of urea groups is 1. The molecule has 2 N–H and O–H groups in total. The van der Waals surface area contributed by atoms with Crippen molar-refractivity contribution in [3.63, 3.8) is 0 Å². The number of piperidine rings is 1. The molecule has 5 nitrogen and oxygen atoms in total. The van der Waals surface area contributed by atoms with Crippen molar-refractivity contribution in [1.82, 2.24) is 4.90 Å². The van der Waals surface area contributed by atoms with Crippen LogP contribution in [0.5, 0.6) is 0 Å². The number of likely N-dealkylation sites (tertiary alicyclic amines) is 1. The molecule has 1 aromatic rings. The fourth-order valence-corrected chi connectivity index (χ4v) is 2.46. The third kappa shape index (κ3) is 3.47. The molecule has 0 saturated carbocycles. The van der Waals surface area contributed by atoms with Crippen LogP contribution < -0.4 is 5.32 Å². The van der Waals surface area contributed by atoms with Crippen molar-refractivity contribution in [2.24, 2.45) is 5.92 Å². The number of carbonyl (C=O) groups is 2. The van der Waals surface area contributed by atoms with Gasteiger partial charge in [0.15, 0.2) is 0 Å². The maximum absolute atomic E-state index is 13.1. The zero-order valence-electron chi connectivity index (χ0n) is 10.6. The summed E-state index contributed by atoms with van der Waals surface area (Å²) in [5.74, 6) is -1.65.